The molecule has 1 aromatic heterocycles. The Balaban J connectivity index is 1.97. The third kappa shape index (κ3) is 3.45. The second kappa shape index (κ2) is 6.19. The average molecular weight is 266 g/mol. The van der Waals surface area contributed by atoms with Crippen LogP contribution in [0.3, 0.4) is 0 Å². The van der Waals surface area contributed by atoms with E-state index < -0.39 is 0 Å². The lowest BCUT2D eigenvalue weighted by Crippen LogP contribution is -2.26. The van der Waals surface area contributed by atoms with Crippen LogP contribution in [0, 0.1) is 5.92 Å². The van der Waals surface area contributed by atoms with Gasteiger partial charge in [-0.3, -0.25) is 0 Å². The molecule has 4 heteroatoms. The molecule has 98 valence electrons. The van der Waals surface area contributed by atoms with Crippen LogP contribution in [-0.4, -0.2) is 16.0 Å². The Morgan fingerprint density at radius 3 is 2.72 bits per heavy atom. The zero-order valence-corrected chi connectivity index (χ0v) is 11.6. The number of hydrogen-bond donors (Lipinski definition) is 1. The summed E-state index contributed by atoms with van der Waals surface area (Å²) in [4.78, 5) is 8.41. The summed E-state index contributed by atoms with van der Waals surface area (Å²) in [6, 6.07) is 2.49. The predicted molar refractivity (Wildman–Crippen MR) is 76.0 cm³/mol. The van der Waals surface area contributed by atoms with Gasteiger partial charge in [0.15, 0.2) is 0 Å². The summed E-state index contributed by atoms with van der Waals surface area (Å²) < 4.78 is 0. The second-order valence-corrected chi connectivity index (χ2v) is 5.20. The third-order valence-corrected chi connectivity index (χ3v) is 3.74. The van der Waals surface area contributed by atoms with E-state index in [2.05, 4.69) is 34.9 Å². The number of nitrogens with one attached hydrogen (secondary N) is 1. The number of aryl methyl sites for hydroxylation is 1. The highest BCUT2D eigenvalue weighted by molar-refractivity contribution is 6.28. The van der Waals surface area contributed by atoms with Gasteiger partial charge in [0.05, 0.1) is 0 Å². The van der Waals surface area contributed by atoms with Gasteiger partial charge < -0.3 is 5.32 Å². The van der Waals surface area contributed by atoms with Crippen molar-refractivity contribution in [3.05, 3.63) is 29.7 Å². The standard InChI is InChI=1S/C14H20ClN3/c1-3-10-5-7-12(8-6-10)16-13-9-11(4-2)17-14(15)18-13/h3,9-10,12H,1,4-8H2,2H3,(H,16,17,18). The SMILES string of the molecule is C=CC1CCC(Nc2cc(CC)nc(Cl)n2)CC1. The molecule has 0 unspecified atom stereocenters. The molecule has 1 N–H and O–H groups in total. The van der Waals surface area contributed by atoms with Gasteiger partial charge in [-0.25, -0.2) is 9.97 Å². The van der Waals surface area contributed by atoms with Crippen LogP contribution >= 0.6 is 11.6 Å². The van der Waals surface area contributed by atoms with Crippen LogP contribution in [0.4, 0.5) is 5.82 Å². The molecule has 1 heterocycles. The Morgan fingerprint density at radius 2 is 2.11 bits per heavy atom. The van der Waals surface area contributed by atoms with E-state index in [1.165, 1.54) is 25.7 Å². The molecule has 0 aliphatic heterocycles. The fourth-order valence-corrected chi connectivity index (χ4v) is 2.63. The summed E-state index contributed by atoms with van der Waals surface area (Å²) in [6.45, 7) is 5.94. The highest BCUT2D eigenvalue weighted by atomic mass is 35.5. The number of allylic oxidation sites excluding steroid dienone is 1. The van der Waals surface area contributed by atoms with E-state index in [-0.39, 0.29) is 0 Å². The third-order valence-electron chi connectivity index (χ3n) is 3.57. The lowest BCUT2D eigenvalue weighted by molar-refractivity contribution is 0.391. The topological polar surface area (TPSA) is 37.8 Å². The minimum Gasteiger partial charge on any atom is -0.367 e. The van der Waals surface area contributed by atoms with Gasteiger partial charge in [-0.15, -0.1) is 6.58 Å². The summed E-state index contributed by atoms with van der Waals surface area (Å²) in [6.07, 6.45) is 7.70. The van der Waals surface area contributed by atoms with E-state index in [4.69, 9.17) is 11.6 Å². The summed E-state index contributed by atoms with van der Waals surface area (Å²) in [5.41, 5.74) is 0.984. The monoisotopic (exact) mass is 265 g/mol. The van der Waals surface area contributed by atoms with E-state index in [1.54, 1.807) is 0 Å². The average Bonchev–Trinajstić information content (AvgIpc) is 2.39. The van der Waals surface area contributed by atoms with Crippen molar-refractivity contribution < 1.29 is 0 Å². The molecule has 0 saturated heterocycles. The van der Waals surface area contributed by atoms with Gasteiger partial charge in [-0.05, 0) is 49.6 Å². The molecule has 0 atom stereocenters. The van der Waals surface area contributed by atoms with Crippen LogP contribution in [0.5, 0.6) is 0 Å². The first-order valence-corrected chi connectivity index (χ1v) is 7.01. The van der Waals surface area contributed by atoms with E-state index in [0.717, 1.165) is 17.9 Å². The van der Waals surface area contributed by atoms with Crippen molar-refractivity contribution >= 4 is 17.4 Å². The van der Waals surface area contributed by atoms with Crippen molar-refractivity contribution in [2.75, 3.05) is 5.32 Å². The van der Waals surface area contributed by atoms with Gasteiger partial charge in [0.2, 0.25) is 5.28 Å². The van der Waals surface area contributed by atoms with Gasteiger partial charge in [0.25, 0.3) is 0 Å². The van der Waals surface area contributed by atoms with Gasteiger partial charge in [-0.1, -0.05) is 13.0 Å². The number of hydrogen-bond acceptors (Lipinski definition) is 3. The molecule has 0 amide bonds. The molecule has 1 aromatic rings. The Kier molecular flexibility index (Phi) is 4.59. The Labute approximate surface area is 114 Å². The quantitative estimate of drug-likeness (QED) is 0.664. The molecular weight excluding hydrogens is 246 g/mol. The van der Waals surface area contributed by atoms with E-state index in [9.17, 15) is 0 Å². The highest BCUT2D eigenvalue weighted by Crippen LogP contribution is 2.27. The molecule has 1 saturated carbocycles. The predicted octanol–water partition coefficient (Wildman–Crippen LogP) is 3.85. The number of halogens is 1. The summed E-state index contributed by atoms with van der Waals surface area (Å²) in [5, 5.41) is 3.80. The first kappa shape index (κ1) is 13.3. The normalized spacial score (nSPS) is 23.7. The Hall–Kier alpha value is -1.09. The zero-order valence-electron chi connectivity index (χ0n) is 10.8. The maximum Gasteiger partial charge on any atom is 0.224 e. The lowest BCUT2D eigenvalue weighted by atomic mass is 9.86. The van der Waals surface area contributed by atoms with Crippen LogP contribution in [0.2, 0.25) is 5.28 Å². The molecule has 1 aliphatic rings. The van der Waals surface area contributed by atoms with Crippen LogP contribution < -0.4 is 5.32 Å². The fraction of sp³-hybridized carbons (Fsp3) is 0.571. The first-order valence-electron chi connectivity index (χ1n) is 6.63. The summed E-state index contributed by atoms with van der Waals surface area (Å²) in [5.74, 6) is 1.54. The molecule has 0 aromatic carbocycles. The van der Waals surface area contributed by atoms with Crippen molar-refractivity contribution in [2.45, 2.75) is 45.1 Å². The van der Waals surface area contributed by atoms with Crippen molar-refractivity contribution in [3.8, 4) is 0 Å². The Morgan fingerprint density at radius 1 is 1.39 bits per heavy atom. The van der Waals surface area contributed by atoms with E-state index in [1.807, 2.05) is 6.07 Å². The first-order chi connectivity index (χ1) is 8.71. The molecule has 0 radical (unpaired) electrons. The van der Waals surface area contributed by atoms with E-state index in [0.29, 0.717) is 17.2 Å². The van der Waals surface area contributed by atoms with Crippen LogP contribution in [0.1, 0.15) is 38.3 Å². The summed E-state index contributed by atoms with van der Waals surface area (Å²) in [7, 11) is 0. The van der Waals surface area contributed by atoms with Crippen LogP contribution in [-0.2, 0) is 6.42 Å². The minimum atomic E-state index is 0.330. The lowest BCUT2D eigenvalue weighted by Gasteiger charge is -2.27. The summed E-state index contributed by atoms with van der Waals surface area (Å²) >= 11 is 5.92. The molecule has 3 nitrogen and oxygen atoms in total. The molecule has 1 aliphatic carbocycles. The van der Waals surface area contributed by atoms with E-state index >= 15 is 0 Å². The molecule has 0 bridgehead atoms. The largest absolute Gasteiger partial charge is 0.367 e. The number of aromatic nitrogens is 2. The number of rotatable bonds is 4. The van der Waals surface area contributed by atoms with Crippen LogP contribution in [0.25, 0.3) is 0 Å². The van der Waals surface area contributed by atoms with Crippen molar-refractivity contribution in [3.63, 3.8) is 0 Å². The minimum absolute atomic E-state index is 0.330. The number of nitrogens with zero attached hydrogens (tertiary/aromatic N) is 2. The molecule has 1 fully saturated rings. The zero-order chi connectivity index (χ0) is 13.0. The number of anilines is 1. The maximum atomic E-state index is 5.92. The van der Waals surface area contributed by atoms with Gasteiger partial charge in [0.1, 0.15) is 5.82 Å². The highest BCUT2D eigenvalue weighted by Gasteiger charge is 2.19. The van der Waals surface area contributed by atoms with Crippen molar-refractivity contribution in [1.82, 2.24) is 9.97 Å². The molecule has 2 rings (SSSR count). The maximum absolute atomic E-state index is 5.92. The Bertz CT molecular complexity index is 412. The second-order valence-electron chi connectivity index (χ2n) is 4.86. The smallest absolute Gasteiger partial charge is 0.224 e. The molecular formula is C14H20ClN3. The van der Waals surface area contributed by atoms with Crippen molar-refractivity contribution in [1.29, 1.82) is 0 Å². The molecule has 18 heavy (non-hydrogen) atoms. The van der Waals surface area contributed by atoms with Crippen molar-refractivity contribution in [2.24, 2.45) is 5.92 Å². The molecule has 0 spiro atoms. The van der Waals surface area contributed by atoms with Crippen LogP contribution in [0.15, 0.2) is 18.7 Å². The van der Waals surface area contributed by atoms with Gasteiger partial charge >= 0.3 is 0 Å². The van der Waals surface area contributed by atoms with Gasteiger partial charge in [0, 0.05) is 17.8 Å². The van der Waals surface area contributed by atoms with Gasteiger partial charge in [-0.2, -0.15) is 0 Å². The fourth-order valence-electron chi connectivity index (χ4n) is 2.43.